The van der Waals surface area contributed by atoms with Crippen molar-refractivity contribution in [2.24, 2.45) is 0 Å². The molecule has 0 aliphatic heterocycles. The van der Waals surface area contributed by atoms with Crippen molar-refractivity contribution in [2.45, 2.75) is 44.2 Å². The first-order valence-electron chi connectivity index (χ1n) is 14.5. The van der Waals surface area contributed by atoms with Crippen molar-refractivity contribution in [1.29, 1.82) is 0 Å². The molecule has 4 aromatic rings. The van der Waals surface area contributed by atoms with Gasteiger partial charge in [-0.25, -0.2) is 8.42 Å². The highest BCUT2D eigenvalue weighted by molar-refractivity contribution is 7.92. The first-order chi connectivity index (χ1) is 21.9. The van der Waals surface area contributed by atoms with Crippen LogP contribution in [0.1, 0.15) is 30.0 Å². The van der Waals surface area contributed by atoms with Crippen molar-refractivity contribution in [3.63, 3.8) is 0 Å². The average molecular weight is 722 g/mol. The monoisotopic (exact) mass is 719 g/mol. The van der Waals surface area contributed by atoms with Crippen molar-refractivity contribution in [2.75, 3.05) is 17.4 Å². The van der Waals surface area contributed by atoms with Crippen molar-refractivity contribution < 1.29 is 18.0 Å². The van der Waals surface area contributed by atoms with E-state index in [0.717, 1.165) is 15.4 Å². The molecule has 0 radical (unpaired) electrons. The SMILES string of the molecule is CCCNC(=O)[C@H](Cc1ccccc1)N(Cc1ccc(Cl)cc1Cl)C(=O)CN(c1ccc(Cl)c(Cl)c1)S(=O)(=O)c1ccc(C)cc1. The van der Waals surface area contributed by atoms with Crippen LogP contribution < -0.4 is 9.62 Å². The molecule has 0 aliphatic carbocycles. The molecule has 242 valence electrons. The summed E-state index contributed by atoms with van der Waals surface area (Å²) in [6.45, 7) is 3.42. The Balaban J connectivity index is 1.83. The zero-order valence-electron chi connectivity index (χ0n) is 25.2. The zero-order valence-corrected chi connectivity index (χ0v) is 29.1. The number of benzene rings is 4. The van der Waals surface area contributed by atoms with Gasteiger partial charge in [-0.05, 0) is 66.9 Å². The summed E-state index contributed by atoms with van der Waals surface area (Å²) in [6, 6.07) is 23.7. The molecule has 1 atom stereocenters. The quantitative estimate of drug-likeness (QED) is 0.152. The smallest absolute Gasteiger partial charge is 0.264 e. The summed E-state index contributed by atoms with van der Waals surface area (Å²) in [4.78, 5) is 29.6. The van der Waals surface area contributed by atoms with E-state index in [-0.39, 0.29) is 39.5 Å². The second kappa shape index (κ2) is 16.0. The molecule has 0 saturated carbocycles. The minimum Gasteiger partial charge on any atom is -0.354 e. The highest BCUT2D eigenvalue weighted by Gasteiger charge is 2.35. The fraction of sp³-hybridized carbons (Fsp3) is 0.235. The molecular formula is C34H33Cl4N3O4S. The van der Waals surface area contributed by atoms with Gasteiger partial charge in [0.25, 0.3) is 10.0 Å². The molecular weight excluding hydrogens is 688 g/mol. The topological polar surface area (TPSA) is 86.8 Å². The lowest BCUT2D eigenvalue weighted by molar-refractivity contribution is -0.140. The predicted molar refractivity (Wildman–Crippen MR) is 186 cm³/mol. The van der Waals surface area contributed by atoms with Crippen LogP contribution in [0, 0.1) is 6.92 Å². The zero-order chi connectivity index (χ0) is 33.4. The van der Waals surface area contributed by atoms with Crippen molar-refractivity contribution in [1.82, 2.24) is 10.2 Å². The number of sulfonamides is 1. The number of nitrogens with one attached hydrogen (secondary N) is 1. The molecule has 0 aliphatic rings. The van der Waals surface area contributed by atoms with Crippen LogP contribution in [0.4, 0.5) is 5.69 Å². The summed E-state index contributed by atoms with van der Waals surface area (Å²) in [7, 11) is -4.29. The molecule has 0 heterocycles. The second-order valence-electron chi connectivity index (χ2n) is 10.7. The van der Waals surface area contributed by atoms with E-state index in [4.69, 9.17) is 46.4 Å². The molecule has 4 aromatic carbocycles. The summed E-state index contributed by atoms with van der Waals surface area (Å²) >= 11 is 25.2. The standard InChI is InChI=1S/C34H33Cl4N3O4S/c1-3-17-39-34(43)32(18-24-7-5-4-6-8-24)40(21-25-11-12-26(35)19-30(25)37)33(42)22-41(27-13-16-29(36)31(38)20-27)46(44,45)28-14-9-23(2)10-15-28/h4-16,19-20,32H,3,17-18,21-22H2,1-2H3,(H,39,43)/t32-/m0/s1. The third-order valence-electron chi connectivity index (χ3n) is 7.26. The van der Waals surface area contributed by atoms with E-state index in [2.05, 4.69) is 5.32 Å². The first kappa shape index (κ1) is 35.6. The molecule has 46 heavy (non-hydrogen) atoms. The Morgan fingerprint density at radius 2 is 1.52 bits per heavy atom. The van der Waals surface area contributed by atoms with E-state index in [1.54, 1.807) is 30.3 Å². The van der Waals surface area contributed by atoms with Gasteiger partial charge in [-0.15, -0.1) is 0 Å². The molecule has 2 amide bonds. The van der Waals surface area contributed by atoms with Crippen LogP contribution in [-0.2, 0) is 32.6 Å². The highest BCUT2D eigenvalue weighted by atomic mass is 35.5. The lowest BCUT2D eigenvalue weighted by Gasteiger charge is -2.34. The Labute approximate surface area is 290 Å². The number of rotatable bonds is 13. The van der Waals surface area contributed by atoms with Crippen LogP contribution in [0.3, 0.4) is 0 Å². The lowest BCUT2D eigenvalue weighted by Crippen LogP contribution is -2.53. The van der Waals surface area contributed by atoms with Gasteiger partial charge in [-0.3, -0.25) is 13.9 Å². The number of hydrogen-bond acceptors (Lipinski definition) is 4. The number of halogens is 4. The normalized spacial score (nSPS) is 12.0. The molecule has 12 heteroatoms. The molecule has 4 rings (SSSR count). The molecule has 1 N–H and O–H groups in total. The third-order valence-corrected chi connectivity index (χ3v) is 10.4. The van der Waals surface area contributed by atoms with Gasteiger partial charge in [0.15, 0.2) is 0 Å². The number of aryl methyl sites for hydroxylation is 1. The van der Waals surface area contributed by atoms with E-state index in [9.17, 15) is 18.0 Å². The van der Waals surface area contributed by atoms with Crippen molar-refractivity contribution >= 4 is 73.9 Å². The molecule has 0 aromatic heterocycles. The highest BCUT2D eigenvalue weighted by Crippen LogP contribution is 2.31. The van der Waals surface area contributed by atoms with Crippen LogP contribution in [0.2, 0.25) is 20.1 Å². The average Bonchev–Trinajstić information content (AvgIpc) is 3.03. The Morgan fingerprint density at radius 3 is 2.15 bits per heavy atom. The molecule has 0 unspecified atom stereocenters. The number of carbonyl (C=O) groups excluding carboxylic acids is 2. The number of hydrogen-bond donors (Lipinski definition) is 1. The molecule has 0 saturated heterocycles. The van der Waals surface area contributed by atoms with Gasteiger partial charge in [-0.1, -0.05) is 107 Å². The van der Waals surface area contributed by atoms with Gasteiger partial charge in [0.2, 0.25) is 11.8 Å². The van der Waals surface area contributed by atoms with Gasteiger partial charge in [0.1, 0.15) is 12.6 Å². The van der Waals surface area contributed by atoms with E-state index in [1.165, 1.54) is 35.2 Å². The van der Waals surface area contributed by atoms with E-state index in [1.807, 2.05) is 44.2 Å². The van der Waals surface area contributed by atoms with Crippen LogP contribution in [-0.4, -0.2) is 44.3 Å². The van der Waals surface area contributed by atoms with E-state index < -0.39 is 28.5 Å². The maximum absolute atomic E-state index is 14.5. The third kappa shape index (κ3) is 8.96. The van der Waals surface area contributed by atoms with Gasteiger partial charge >= 0.3 is 0 Å². The summed E-state index contributed by atoms with van der Waals surface area (Å²) in [5.41, 5.74) is 2.34. The van der Waals surface area contributed by atoms with E-state index in [0.29, 0.717) is 28.6 Å². The molecule has 0 bridgehead atoms. The fourth-order valence-electron chi connectivity index (χ4n) is 4.76. The Kier molecular flexibility index (Phi) is 12.4. The Morgan fingerprint density at radius 1 is 0.826 bits per heavy atom. The lowest BCUT2D eigenvalue weighted by atomic mass is 10.0. The minimum atomic E-state index is -4.29. The molecule has 0 spiro atoms. The van der Waals surface area contributed by atoms with Crippen molar-refractivity contribution in [3.05, 3.63) is 128 Å². The summed E-state index contributed by atoms with van der Waals surface area (Å²) in [5.74, 6) is -1.02. The Hall–Kier alpha value is -3.27. The number of nitrogens with zero attached hydrogens (tertiary/aromatic N) is 2. The summed E-state index contributed by atoms with van der Waals surface area (Å²) in [6.07, 6.45) is 0.853. The number of carbonyl (C=O) groups is 2. The number of amides is 2. The Bertz CT molecular complexity index is 1790. The molecule has 0 fully saturated rings. The molecule has 7 nitrogen and oxygen atoms in total. The number of anilines is 1. The summed E-state index contributed by atoms with van der Waals surface area (Å²) < 4.78 is 29.3. The summed E-state index contributed by atoms with van der Waals surface area (Å²) in [5, 5.41) is 3.94. The maximum Gasteiger partial charge on any atom is 0.264 e. The second-order valence-corrected chi connectivity index (χ2v) is 14.2. The maximum atomic E-state index is 14.5. The van der Waals surface area contributed by atoms with Crippen LogP contribution >= 0.6 is 46.4 Å². The minimum absolute atomic E-state index is 0.0224. The van der Waals surface area contributed by atoms with Crippen molar-refractivity contribution in [3.8, 4) is 0 Å². The largest absolute Gasteiger partial charge is 0.354 e. The van der Waals surface area contributed by atoms with Crippen LogP contribution in [0.25, 0.3) is 0 Å². The van der Waals surface area contributed by atoms with Gasteiger partial charge in [0.05, 0.1) is 20.6 Å². The van der Waals surface area contributed by atoms with Crippen LogP contribution in [0.5, 0.6) is 0 Å². The first-order valence-corrected chi connectivity index (χ1v) is 17.5. The van der Waals surface area contributed by atoms with Gasteiger partial charge < -0.3 is 10.2 Å². The van der Waals surface area contributed by atoms with E-state index >= 15 is 0 Å². The van der Waals surface area contributed by atoms with Gasteiger partial charge in [-0.2, -0.15) is 0 Å². The predicted octanol–water partition coefficient (Wildman–Crippen LogP) is 7.97. The van der Waals surface area contributed by atoms with Crippen LogP contribution in [0.15, 0.2) is 95.9 Å². The van der Waals surface area contributed by atoms with Gasteiger partial charge in [0, 0.05) is 29.6 Å². The fourth-order valence-corrected chi connectivity index (χ4v) is 6.93.